The molecule has 0 radical (unpaired) electrons. The molecule has 6 nitrogen and oxygen atoms in total. The number of carbonyl (C=O) groups is 3. The third-order valence-corrected chi connectivity index (χ3v) is 6.83. The lowest BCUT2D eigenvalue weighted by Gasteiger charge is -2.22. The average Bonchev–Trinajstić information content (AvgIpc) is 2.90. The van der Waals surface area contributed by atoms with Gasteiger partial charge >= 0.3 is 0 Å². The summed E-state index contributed by atoms with van der Waals surface area (Å²) in [5.41, 5.74) is 0.700. The fourth-order valence-corrected chi connectivity index (χ4v) is 5.55. The van der Waals surface area contributed by atoms with Crippen LogP contribution in [0.25, 0.3) is 6.08 Å². The number of likely N-dealkylation sites (tertiary alicyclic amines) is 1. The second-order valence-corrected chi connectivity index (χ2v) is 9.57. The molecular weight excluding hydrogens is 536 g/mol. The number of nitrogens with zero attached hydrogens (tertiary/aromatic N) is 2. The zero-order valence-electron chi connectivity index (χ0n) is 16.2. The van der Waals surface area contributed by atoms with Gasteiger partial charge in [-0.05, 0) is 80.2 Å². The molecule has 158 valence electrons. The van der Waals surface area contributed by atoms with E-state index in [-0.39, 0.29) is 24.0 Å². The summed E-state index contributed by atoms with van der Waals surface area (Å²) in [5.74, 6) is 2.33. The first-order chi connectivity index (χ1) is 14.4. The van der Waals surface area contributed by atoms with Gasteiger partial charge in [0.2, 0.25) is 5.91 Å². The lowest BCUT2D eigenvalue weighted by Crippen LogP contribution is -2.42. The Labute approximate surface area is 196 Å². The molecule has 0 atom stereocenters. The largest absolute Gasteiger partial charge is 0.479 e. The summed E-state index contributed by atoms with van der Waals surface area (Å²) in [5, 5.41) is -0.429. The van der Waals surface area contributed by atoms with Crippen LogP contribution in [0.5, 0.6) is 5.75 Å². The van der Waals surface area contributed by atoms with Crippen LogP contribution >= 0.6 is 43.6 Å². The monoisotopic (exact) mass is 554 g/mol. The SMILES string of the molecule is C#CCOc1c(Br)cc(C=C2SC(=O)N(CC(=O)N3CCCCCC3)C2=O)cc1Br. The number of thioether (sulfide) groups is 1. The molecule has 0 bridgehead atoms. The predicted octanol–water partition coefficient (Wildman–Crippen LogP) is 4.66. The van der Waals surface area contributed by atoms with Gasteiger partial charge in [-0.15, -0.1) is 6.42 Å². The first kappa shape index (κ1) is 22.9. The Morgan fingerprint density at radius 3 is 2.40 bits per heavy atom. The maximum Gasteiger partial charge on any atom is 0.294 e. The van der Waals surface area contributed by atoms with Crippen molar-refractivity contribution in [3.05, 3.63) is 31.5 Å². The van der Waals surface area contributed by atoms with Crippen molar-refractivity contribution in [1.82, 2.24) is 9.80 Å². The highest BCUT2D eigenvalue weighted by Gasteiger charge is 2.37. The molecule has 2 saturated heterocycles. The van der Waals surface area contributed by atoms with Gasteiger partial charge in [0.05, 0.1) is 13.9 Å². The molecule has 2 heterocycles. The number of imide groups is 1. The van der Waals surface area contributed by atoms with E-state index in [2.05, 4.69) is 37.8 Å². The molecule has 0 aliphatic carbocycles. The van der Waals surface area contributed by atoms with Gasteiger partial charge < -0.3 is 9.64 Å². The van der Waals surface area contributed by atoms with Crippen LogP contribution < -0.4 is 4.74 Å². The average molecular weight is 556 g/mol. The molecule has 3 amide bonds. The Morgan fingerprint density at radius 2 is 1.80 bits per heavy atom. The van der Waals surface area contributed by atoms with Crippen molar-refractivity contribution in [3.8, 4) is 18.1 Å². The highest BCUT2D eigenvalue weighted by molar-refractivity contribution is 9.11. The Balaban J connectivity index is 1.73. The van der Waals surface area contributed by atoms with E-state index in [1.54, 1.807) is 23.1 Å². The van der Waals surface area contributed by atoms with Gasteiger partial charge in [-0.2, -0.15) is 0 Å². The van der Waals surface area contributed by atoms with Crippen molar-refractivity contribution in [2.24, 2.45) is 0 Å². The molecule has 2 aliphatic rings. The maximum atomic E-state index is 12.8. The lowest BCUT2D eigenvalue weighted by molar-refractivity contribution is -0.135. The van der Waals surface area contributed by atoms with E-state index >= 15 is 0 Å². The Bertz CT molecular complexity index is 910. The maximum absolute atomic E-state index is 12.8. The molecule has 0 aromatic heterocycles. The summed E-state index contributed by atoms with van der Waals surface area (Å²) < 4.78 is 6.80. The molecule has 0 N–H and O–H groups in total. The highest BCUT2D eigenvalue weighted by atomic mass is 79.9. The number of halogens is 2. The van der Waals surface area contributed by atoms with Crippen LogP contribution in [-0.2, 0) is 9.59 Å². The second-order valence-electron chi connectivity index (χ2n) is 6.87. The normalized spacial score (nSPS) is 18.5. The van der Waals surface area contributed by atoms with Gasteiger partial charge in [-0.3, -0.25) is 19.3 Å². The zero-order chi connectivity index (χ0) is 21.7. The molecule has 0 spiro atoms. The Hall–Kier alpha value is -1.76. The highest BCUT2D eigenvalue weighted by Crippen LogP contribution is 2.37. The van der Waals surface area contributed by atoms with E-state index in [0.29, 0.717) is 33.3 Å². The Morgan fingerprint density at radius 1 is 1.17 bits per heavy atom. The minimum Gasteiger partial charge on any atom is -0.479 e. The van der Waals surface area contributed by atoms with E-state index < -0.39 is 11.1 Å². The quantitative estimate of drug-likeness (QED) is 0.390. The van der Waals surface area contributed by atoms with Gasteiger partial charge in [0.25, 0.3) is 11.1 Å². The second kappa shape index (κ2) is 10.5. The lowest BCUT2D eigenvalue weighted by atomic mass is 10.2. The summed E-state index contributed by atoms with van der Waals surface area (Å²) in [6.45, 7) is 1.27. The number of ether oxygens (including phenoxy) is 1. The first-order valence-corrected chi connectivity index (χ1v) is 11.9. The van der Waals surface area contributed by atoms with Crippen molar-refractivity contribution in [3.63, 3.8) is 0 Å². The molecular formula is C21H20Br2N2O4S. The van der Waals surface area contributed by atoms with Crippen LogP contribution in [0, 0.1) is 12.3 Å². The molecule has 1 aromatic rings. The number of terminal acetylenes is 1. The van der Waals surface area contributed by atoms with E-state index in [9.17, 15) is 14.4 Å². The first-order valence-electron chi connectivity index (χ1n) is 9.49. The fraction of sp³-hybridized carbons (Fsp3) is 0.381. The summed E-state index contributed by atoms with van der Waals surface area (Å²) in [6.07, 6.45) is 11.0. The van der Waals surface area contributed by atoms with Crippen molar-refractivity contribution in [1.29, 1.82) is 0 Å². The number of benzene rings is 1. The smallest absolute Gasteiger partial charge is 0.294 e. The van der Waals surface area contributed by atoms with Gasteiger partial charge in [-0.1, -0.05) is 18.8 Å². The minimum absolute atomic E-state index is 0.125. The Kier molecular flexibility index (Phi) is 8.03. The number of hydrogen-bond acceptors (Lipinski definition) is 5. The van der Waals surface area contributed by atoms with Crippen LogP contribution in [0.4, 0.5) is 4.79 Å². The fourth-order valence-electron chi connectivity index (χ4n) is 3.26. The van der Waals surface area contributed by atoms with Crippen LogP contribution in [0.1, 0.15) is 31.2 Å². The molecule has 0 unspecified atom stereocenters. The van der Waals surface area contributed by atoms with Crippen molar-refractivity contribution in [2.45, 2.75) is 25.7 Å². The number of carbonyl (C=O) groups excluding carboxylic acids is 3. The van der Waals surface area contributed by atoms with Crippen LogP contribution in [0.15, 0.2) is 26.0 Å². The van der Waals surface area contributed by atoms with Gasteiger partial charge in [0.1, 0.15) is 18.9 Å². The number of amides is 3. The van der Waals surface area contributed by atoms with Crippen LogP contribution in [0.2, 0.25) is 0 Å². The number of rotatable bonds is 5. The number of hydrogen-bond donors (Lipinski definition) is 0. The molecule has 9 heteroatoms. The zero-order valence-corrected chi connectivity index (χ0v) is 20.1. The van der Waals surface area contributed by atoms with Crippen LogP contribution in [0.3, 0.4) is 0 Å². The molecule has 1 aromatic carbocycles. The van der Waals surface area contributed by atoms with Crippen LogP contribution in [-0.4, -0.2) is 53.1 Å². The standard InChI is InChI=1S/C21H20Br2N2O4S/c1-2-9-29-19-15(22)10-14(11-16(19)23)12-17-20(27)25(21(28)30-17)13-18(26)24-7-5-3-4-6-8-24/h1,10-12H,3-9,13H2. The summed E-state index contributed by atoms with van der Waals surface area (Å²) in [7, 11) is 0. The predicted molar refractivity (Wildman–Crippen MR) is 124 cm³/mol. The third kappa shape index (κ3) is 5.48. The molecule has 2 aliphatic heterocycles. The minimum atomic E-state index is -0.451. The summed E-state index contributed by atoms with van der Waals surface area (Å²) >= 11 is 7.69. The van der Waals surface area contributed by atoms with Gasteiger partial charge in [-0.25, -0.2) is 0 Å². The van der Waals surface area contributed by atoms with E-state index in [0.717, 1.165) is 42.3 Å². The van der Waals surface area contributed by atoms with Crippen molar-refractivity contribution >= 4 is 66.8 Å². The van der Waals surface area contributed by atoms with Crippen molar-refractivity contribution < 1.29 is 19.1 Å². The summed E-state index contributed by atoms with van der Waals surface area (Å²) in [6, 6.07) is 3.54. The van der Waals surface area contributed by atoms with Gasteiger partial charge in [0.15, 0.2) is 0 Å². The molecule has 3 rings (SSSR count). The van der Waals surface area contributed by atoms with E-state index in [4.69, 9.17) is 11.2 Å². The van der Waals surface area contributed by atoms with E-state index in [1.807, 2.05) is 0 Å². The summed E-state index contributed by atoms with van der Waals surface area (Å²) in [4.78, 5) is 40.8. The van der Waals surface area contributed by atoms with Gasteiger partial charge in [0, 0.05) is 13.1 Å². The van der Waals surface area contributed by atoms with Crippen molar-refractivity contribution in [2.75, 3.05) is 26.2 Å². The topological polar surface area (TPSA) is 66.9 Å². The molecule has 0 saturated carbocycles. The third-order valence-electron chi connectivity index (χ3n) is 4.74. The molecule has 30 heavy (non-hydrogen) atoms. The molecule has 2 fully saturated rings. The van der Waals surface area contributed by atoms with E-state index in [1.165, 1.54) is 0 Å².